The number of urea groups is 1. The smallest absolute Gasteiger partial charge is 0.325 e. The number of amides is 2. The molecule has 2 heterocycles. The number of carbonyl (C=O) groups is 1. The highest BCUT2D eigenvalue weighted by molar-refractivity contribution is 7.45. The van der Waals surface area contributed by atoms with E-state index in [1.807, 2.05) is 20.8 Å². The van der Waals surface area contributed by atoms with E-state index in [9.17, 15) is 14.3 Å². The van der Waals surface area contributed by atoms with Crippen molar-refractivity contribution in [2.24, 2.45) is 5.73 Å². The molecular formula is C26H50N4O10P-. The molecule has 0 aliphatic carbocycles. The lowest BCUT2D eigenvalue weighted by molar-refractivity contribution is -0.234. The fourth-order valence-corrected chi connectivity index (χ4v) is 5.23. The third kappa shape index (κ3) is 14.2. The highest BCUT2D eigenvalue weighted by Crippen LogP contribution is 2.45. The molecule has 0 aromatic carbocycles. The Bertz CT molecular complexity index is 834. The molecule has 5 atom stereocenters. The first-order valence-corrected chi connectivity index (χ1v) is 15.9. The summed E-state index contributed by atoms with van der Waals surface area (Å²) in [5, 5.41) is 6.23. The van der Waals surface area contributed by atoms with Crippen molar-refractivity contribution in [2.45, 2.75) is 90.7 Å². The van der Waals surface area contributed by atoms with Gasteiger partial charge in [0.15, 0.2) is 0 Å². The fourth-order valence-electron chi connectivity index (χ4n) is 4.11. The van der Waals surface area contributed by atoms with Crippen molar-refractivity contribution < 1.29 is 47.0 Å². The summed E-state index contributed by atoms with van der Waals surface area (Å²) in [7, 11) is -4.58. The summed E-state index contributed by atoms with van der Waals surface area (Å²) in [6, 6.07) is -0.369. The van der Waals surface area contributed by atoms with Crippen LogP contribution in [0.4, 0.5) is 4.79 Å². The molecule has 1 saturated heterocycles. The molecule has 0 spiro atoms. The van der Waals surface area contributed by atoms with Gasteiger partial charge in [-0.15, -0.1) is 0 Å². The van der Waals surface area contributed by atoms with Crippen molar-refractivity contribution in [1.29, 1.82) is 0 Å². The van der Waals surface area contributed by atoms with Gasteiger partial charge in [0.2, 0.25) is 0 Å². The first kappa shape index (κ1) is 36.0. The van der Waals surface area contributed by atoms with Gasteiger partial charge < -0.3 is 48.7 Å². The largest absolute Gasteiger partial charge is 0.756 e. The molecule has 0 aromatic rings. The standard InChI is InChI=1S/C26H51N4O10P/c1-19(2)37-18-23-22(40-41(32,33)39-20(3)4)16-24(38-23)30-17-21(5)25(29-26(30)31)28-9-7-11-35-13-15-36-14-12-34-10-6-8-27/h17,19-20,22-25,28H,6-16,18,27H2,1-5H3,(H,29,31)(H,32,33)/p-1. The van der Waals surface area contributed by atoms with Crippen LogP contribution >= 0.6 is 7.82 Å². The van der Waals surface area contributed by atoms with E-state index in [-0.39, 0.29) is 31.3 Å². The van der Waals surface area contributed by atoms with E-state index in [0.717, 1.165) is 18.4 Å². The number of carbonyl (C=O) groups excluding carboxylic acids is 1. The number of nitrogens with one attached hydrogen (secondary N) is 2. The average molecular weight is 610 g/mol. The summed E-state index contributed by atoms with van der Waals surface area (Å²) in [5.74, 6) is 0. The third-order valence-electron chi connectivity index (χ3n) is 6.04. The van der Waals surface area contributed by atoms with Crippen LogP contribution in [-0.4, -0.2) is 107 Å². The molecule has 1 fully saturated rings. The van der Waals surface area contributed by atoms with Crippen molar-refractivity contribution in [2.75, 3.05) is 59.3 Å². The molecule has 0 aromatic heterocycles. The SMILES string of the molecule is CC1=CN(C2CC(OP(=O)([O-])OC(C)C)C(COC(C)C)O2)C(=O)NC1NCCCOCCOCCOCCCN. The Hall–Kier alpha value is -1.16. The van der Waals surface area contributed by atoms with Crippen molar-refractivity contribution in [1.82, 2.24) is 15.5 Å². The van der Waals surface area contributed by atoms with E-state index in [1.165, 1.54) is 4.90 Å². The van der Waals surface area contributed by atoms with Crippen LogP contribution in [-0.2, 0) is 37.3 Å². The lowest BCUT2D eigenvalue weighted by Crippen LogP contribution is -2.56. The molecule has 0 bridgehead atoms. The zero-order chi connectivity index (χ0) is 30.3. The number of hydrogen-bond acceptors (Lipinski definition) is 12. The van der Waals surface area contributed by atoms with Gasteiger partial charge in [-0.05, 0) is 66.1 Å². The second-order valence-corrected chi connectivity index (χ2v) is 11.8. The second kappa shape index (κ2) is 19.2. The molecule has 2 rings (SSSR count). The van der Waals surface area contributed by atoms with Crippen LogP contribution < -0.4 is 21.3 Å². The number of phosphoric ester groups is 1. The van der Waals surface area contributed by atoms with Crippen LogP contribution in [0.15, 0.2) is 11.8 Å². The molecule has 4 N–H and O–H groups in total. The lowest BCUT2D eigenvalue weighted by atomic mass is 10.1. The molecule has 240 valence electrons. The number of nitrogens with zero attached hydrogens (tertiary/aromatic N) is 1. The van der Waals surface area contributed by atoms with E-state index in [2.05, 4.69) is 10.6 Å². The molecule has 14 nitrogen and oxygen atoms in total. The fraction of sp³-hybridized carbons (Fsp3) is 0.885. The number of ether oxygens (including phenoxy) is 5. The van der Waals surface area contributed by atoms with E-state index in [4.69, 9.17) is 38.5 Å². The van der Waals surface area contributed by atoms with E-state index >= 15 is 0 Å². The average Bonchev–Trinajstić information content (AvgIpc) is 3.27. The molecule has 41 heavy (non-hydrogen) atoms. The molecule has 2 amide bonds. The quantitative estimate of drug-likeness (QED) is 0.119. The van der Waals surface area contributed by atoms with Crippen molar-refractivity contribution >= 4 is 13.9 Å². The second-order valence-electron chi connectivity index (χ2n) is 10.4. The predicted molar refractivity (Wildman–Crippen MR) is 150 cm³/mol. The molecule has 0 radical (unpaired) electrons. The Labute approximate surface area is 244 Å². The number of hydrogen-bond donors (Lipinski definition) is 3. The summed E-state index contributed by atoms with van der Waals surface area (Å²) in [5.41, 5.74) is 6.28. The van der Waals surface area contributed by atoms with Crippen molar-refractivity contribution in [3.63, 3.8) is 0 Å². The van der Waals surface area contributed by atoms with Gasteiger partial charge in [-0.25, -0.2) is 4.79 Å². The Morgan fingerprint density at radius 3 is 2.34 bits per heavy atom. The van der Waals surface area contributed by atoms with Gasteiger partial charge in [-0.3, -0.25) is 14.8 Å². The third-order valence-corrected chi connectivity index (χ3v) is 7.25. The first-order chi connectivity index (χ1) is 19.5. The zero-order valence-electron chi connectivity index (χ0n) is 25.1. The minimum absolute atomic E-state index is 0.0907. The topological polar surface area (TPSA) is 175 Å². The summed E-state index contributed by atoms with van der Waals surface area (Å²) in [6.07, 6.45) is 0.145. The Kier molecular flexibility index (Phi) is 16.9. The summed E-state index contributed by atoms with van der Waals surface area (Å²) in [6.45, 7) is 13.5. The lowest BCUT2D eigenvalue weighted by Gasteiger charge is -2.34. The van der Waals surface area contributed by atoms with Gasteiger partial charge in [0.25, 0.3) is 7.82 Å². The van der Waals surface area contributed by atoms with Crippen molar-refractivity contribution in [3.05, 3.63) is 11.8 Å². The van der Waals surface area contributed by atoms with Crippen LogP contribution in [0.1, 0.15) is 53.9 Å². The van der Waals surface area contributed by atoms with Crippen LogP contribution in [0.5, 0.6) is 0 Å². The van der Waals surface area contributed by atoms with E-state index < -0.39 is 32.4 Å². The van der Waals surface area contributed by atoms with Gasteiger partial charge in [-0.2, -0.15) is 0 Å². The van der Waals surface area contributed by atoms with Crippen LogP contribution in [0.2, 0.25) is 0 Å². The van der Waals surface area contributed by atoms with Gasteiger partial charge in [0.05, 0.1) is 51.3 Å². The number of phosphoric acid groups is 1. The summed E-state index contributed by atoms with van der Waals surface area (Å²) >= 11 is 0. The minimum atomic E-state index is -4.58. The maximum atomic E-state index is 13.0. The van der Waals surface area contributed by atoms with Crippen LogP contribution in [0, 0.1) is 0 Å². The molecule has 2 aliphatic rings. The Balaban J connectivity index is 1.76. The zero-order valence-corrected chi connectivity index (χ0v) is 26.0. The van der Waals surface area contributed by atoms with Gasteiger partial charge >= 0.3 is 6.03 Å². The highest BCUT2D eigenvalue weighted by Gasteiger charge is 2.43. The first-order valence-electron chi connectivity index (χ1n) is 14.4. The minimum Gasteiger partial charge on any atom is -0.756 e. The highest BCUT2D eigenvalue weighted by atomic mass is 31.2. The maximum Gasteiger partial charge on any atom is 0.325 e. The Morgan fingerprint density at radius 2 is 1.73 bits per heavy atom. The number of rotatable bonds is 22. The molecule has 5 unspecified atom stereocenters. The van der Waals surface area contributed by atoms with Crippen LogP contribution in [0.3, 0.4) is 0 Å². The van der Waals surface area contributed by atoms with Crippen LogP contribution in [0.25, 0.3) is 0 Å². The normalized spacial score (nSPS) is 24.7. The van der Waals surface area contributed by atoms with Gasteiger partial charge in [0, 0.05) is 25.8 Å². The number of nitrogens with two attached hydrogens (primary N) is 1. The van der Waals surface area contributed by atoms with E-state index in [0.29, 0.717) is 52.7 Å². The summed E-state index contributed by atoms with van der Waals surface area (Å²) < 4.78 is 50.7. The van der Waals surface area contributed by atoms with Crippen molar-refractivity contribution in [3.8, 4) is 0 Å². The predicted octanol–water partition coefficient (Wildman–Crippen LogP) is 1.44. The monoisotopic (exact) mass is 609 g/mol. The maximum absolute atomic E-state index is 13.0. The van der Waals surface area contributed by atoms with Gasteiger partial charge in [0.1, 0.15) is 18.5 Å². The summed E-state index contributed by atoms with van der Waals surface area (Å²) in [4.78, 5) is 26.7. The molecule has 0 saturated carbocycles. The van der Waals surface area contributed by atoms with E-state index in [1.54, 1.807) is 20.0 Å². The molecule has 2 aliphatic heterocycles. The Morgan fingerprint density at radius 1 is 1.10 bits per heavy atom. The molecular weight excluding hydrogens is 559 g/mol. The van der Waals surface area contributed by atoms with Gasteiger partial charge in [-0.1, -0.05) is 0 Å². The molecule has 15 heteroatoms.